The van der Waals surface area contributed by atoms with Crippen LogP contribution in [0.4, 0.5) is 8.78 Å². The lowest BCUT2D eigenvalue weighted by molar-refractivity contribution is 0.382. The lowest BCUT2D eigenvalue weighted by Crippen LogP contribution is -2.20. The Kier molecular flexibility index (Phi) is 4.63. The molecule has 0 aliphatic carbocycles. The van der Waals surface area contributed by atoms with Crippen LogP contribution in [-0.2, 0) is 6.42 Å². The second kappa shape index (κ2) is 6.43. The molecule has 0 aliphatic heterocycles. The molecule has 3 nitrogen and oxygen atoms in total. The molecule has 106 valence electrons. The van der Waals surface area contributed by atoms with Gasteiger partial charge in [-0.05, 0) is 37.2 Å². The van der Waals surface area contributed by atoms with Crippen LogP contribution in [0.2, 0.25) is 0 Å². The average Bonchev–Trinajstić information content (AvgIpc) is 2.47. The summed E-state index contributed by atoms with van der Waals surface area (Å²) in [5.41, 5.74) is 1.19. The van der Waals surface area contributed by atoms with Crippen LogP contribution in [0.5, 0.6) is 5.75 Å². The van der Waals surface area contributed by atoms with E-state index in [2.05, 4.69) is 10.3 Å². The van der Waals surface area contributed by atoms with E-state index in [1.165, 1.54) is 13.2 Å². The summed E-state index contributed by atoms with van der Waals surface area (Å²) in [5.74, 6) is -0.557. The molecular weight excluding hydrogens is 262 g/mol. The van der Waals surface area contributed by atoms with Gasteiger partial charge in [-0.3, -0.25) is 4.98 Å². The zero-order chi connectivity index (χ0) is 14.5. The van der Waals surface area contributed by atoms with Gasteiger partial charge < -0.3 is 10.1 Å². The minimum absolute atomic E-state index is 0.197. The Labute approximate surface area is 116 Å². The molecule has 2 rings (SSSR count). The van der Waals surface area contributed by atoms with Crippen molar-refractivity contribution in [2.24, 2.45) is 0 Å². The van der Waals surface area contributed by atoms with Crippen LogP contribution in [-0.4, -0.2) is 19.1 Å². The van der Waals surface area contributed by atoms with Crippen LogP contribution in [0.3, 0.4) is 0 Å². The van der Waals surface area contributed by atoms with E-state index < -0.39 is 5.82 Å². The number of methoxy groups -OCH3 is 1. The minimum atomic E-state index is -0.392. The van der Waals surface area contributed by atoms with E-state index >= 15 is 0 Å². The van der Waals surface area contributed by atoms with Crippen molar-refractivity contribution in [3.8, 4) is 5.75 Å². The molecular formula is C15H16F2N2O. The van der Waals surface area contributed by atoms with E-state index in [0.29, 0.717) is 17.7 Å². The summed E-state index contributed by atoms with van der Waals surface area (Å²) < 4.78 is 32.0. The van der Waals surface area contributed by atoms with Gasteiger partial charge in [-0.25, -0.2) is 8.78 Å². The van der Waals surface area contributed by atoms with Crippen molar-refractivity contribution in [1.29, 1.82) is 0 Å². The van der Waals surface area contributed by atoms with Gasteiger partial charge in [0.05, 0.1) is 25.0 Å². The van der Waals surface area contributed by atoms with Gasteiger partial charge >= 0.3 is 0 Å². The second-order valence-electron chi connectivity index (χ2n) is 4.38. The van der Waals surface area contributed by atoms with Crippen molar-refractivity contribution >= 4 is 0 Å². The fourth-order valence-electron chi connectivity index (χ4n) is 2.04. The highest BCUT2D eigenvalue weighted by atomic mass is 19.1. The maximum Gasteiger partial charge on any atom is 0.168 e. The fourth-order valence-corrected chi connectivity index (χ4v) is 2.04. The number of benzene rings is 1. The van der Waals surface area contributed by atoms with Gasteiger partial charge in [0, 0.05) is 0 Å². The summed E-state index contributed by atoms with van der Waals surface area (Å²) in [4.78, 5) is 4.03. The average molecular weight is 278 g/mol. The lowest BCUT2D eigenvalue weighted by atomic mass is 10.0. The van der Waals surface area contributed by atoms with Crippen molar-refractivity contribution in [3.05, 3.63) is 59.4 Å². The van der Waals surface area contributed by atoms with Crippen molar-refractivity contribution in [1.82, 2.24) is 10.3 Å². The molecule has 0 amide bonds. The summed E-state index contributed by atoms with van der Waals surface area (Å²) in [6.45, 7) is 0. The monoisotopic (exact) mass is 278 g/mol. The first-order chi connectivity index (χ1) is 9.65. The molecule has 1 heterocycles. The molecule has 0 saturated carbocycles. The first-order valence-electron chi connectivity index (χ1n) is 6.25. The summed E-state index contributed by atoms with van der Waals surface area (Å²) in [5, 5.41) is 3.06. The highest BCUT2D eigenvalue weighted by Gasteiger charge is 2.16. The van der Waals surface area contributed by atoms with Crippen molar-refractivity contribution < 1.29 is 13.5 Å². The fraction of sp³-hybridized carbons (Fsp3) is 0.267. The molecule has 1 N–H and O–H groups in total. The Morgan fingerprint density at radius 2 is 2.05 bits per heavy atom. The lowest BCUT2D eigenvalue weighted by Gasteiger charge is -2.16. The summed E-state index contributed by atoms with van der Waals surface area (Å²) in [7, 11) is 3.19. The molecule has 0 spiro atoms. The van der Waals surface area contributed by atoms with Crippen molar-refractivity contribution in [2.45, 2.75) is 12.5 Å². The Bertz CT molecular complexity index is 573. The summed E-state index contributed by atoms with van der Waals surface area (Å²) in [6, 6.07) is 7.75. The highest BCUT2D eigenvalue weighted by molar-refractivity contribution is 5.32. The molecule has 1 aromatic heterocycles. The number of nitrogens with zero attached hydrogens (tertiary/aromatic N) is 1. The molecule has 0 radical (unpaired) electrons. The maximum absolute atomic E-state index is 14.1. The van der Waals surface area contributed by atoms with E-state index in [1.54, 1.807) is 31.3 Å². The molecule has 0 fully saturated rings. The van der Waals surface area contributed by atoms with Crippen LogP contribution >= 0.6 is 0 Å². The molecule has 2 aromatic rings. The Hall–Kier alpha value is -2.01. The minimum Gasteiger partial charge on any atom is -0.494 e. The third-order valence-corrected chi connectivity index (χ3v) is 3.14. The number of halogens is 2. The van der Waals surface area contributed by atoms with Crippen LogP contribution in [0.1, 0.15) is 17.3 Å². The largest absolute Gasteiger partial charge is 0.494 e. The van der Waals surface area contributed by atoms with Gasteiger partial charge in [0.2, 0.25) is 0 Å². The zero-order valence-corrected chi connectivity index (χ0v) is 11.4. The van der Waals surface area contributed by atoms with E-state index in [9.17, 15) is 8.78 Å². The molecule has 1 atom stereocenters. The number of likely N-dealkylation sites (N-methyl/N-ethyl adjacent to an activating group) is 1. The van der Waals surface area contributed by atoms with E-state index in [4.69, 9.17) is 4.74 Å². The molecule has 0 bridgehead atoms. The van der Waals surface area contributed by atoms with E-state index in [0.717, 1.165) is 6.20 Å². The number of aromatic nitrogens is 1. The number of rotatable bonds is 5. The number of hydrogen-bond donors (Lipinski definition) is 1. The SMILES string of the molecule is CNC(Cc1cccc(OC)c1F)c1ccc(F)cn1. The standard InChI is InChI=1S/C15H16F2N2O/c1-18-13(12-7-6-11(16)9-19-12)8-10-4-3-5-14(20-2)15(10)17/h3-7,9,13,18H,8H2,1-2H3. The van der Waals surface area contributed by atoms with Gasteiger partial charge in [-0.15, -0.1) is 0 Å². The van der Waals surface area contributed by atoms with Crippen LogP contribution in [0.25, 0.3) is 0 Å². The summed E-state index contributed by atoms with van der Waals surface area (Å²) in [6.07, 6.45) is 1.56. The third-order valence-electron chi connectivity index (χ3n) is 3.14. The number of ether oxygens (including phenoxy) is 1. The van der Waals surface area contributed by atoms with Gasteiger partial charge in [-0.1, -0.05) is 12.1 Å². The second-order valence-corrected chi connectivity index (χ2v) is 4.38. The Morgan fingerprint density at radius 1 is 1.25 bits per heavy atom. The predicted octanol–water partition coefficient (Wildman–Crippen LogP) is 2.87. The van der Waals surface area contributed by atoms with Crippen molar-refractivity contribution in [3.63, 3.8) is 0 Å². The molecule has 1 unspecified atom stereocenters. The Morgan fingerprint density at radius 3 is 2.65 bits per heavy atom. The first kappa shape index (κ1) is 14.4. The predicted molar refractivity (Wildman–Crippen MR) is 72.7 cm³/mol. The topological polar surface area (TPSA) is 34.1 Å². The molecule has 0 saturated heterocycles. The van der Waals surface area contributed by atoms with E-state index in [1.807, 2.05) is 0 Å². The number of nitrogens with one attached hydrogen (secondary N) is 1. The number of hydrogen-bond acceptors (Lipinski definition) is 3. The quantitative estimate of drug-likeness (QED) is 0.913. The van der Waals surface area contributed by atoms with Crippen LogP contribution < -0.4 is 10.1 Å². The molecule has 1 aromatic carbocycles. The van der Waals surface area contributed by atoms with E-state index in [-0.39, 0.29) is 17.6 Å². The molecule has 5 heteroatoms. The van der Waals surface area contributed by atoms with Crippen LogP contribution in [0, 0.1) is 11.6 Å². The Balaban J connectivity index is 2.24. The summed E-state index contributed by atoms with van der Waals surface area (Å²) >= 11 is 0. The van der Waals surface area contributed by atoms with Gasteiger partial charge in [0.1, 0.15) is 5.82 Å². The van der Waals surface area contributed by atoms with Gasteiger partial charge in [0.25, 0.3) is 0 Å². The zero-order valence-electron chi connectivity index (χ0n) is 11.4. The third kappa shape index (κ3) is 3.11. The first-order valence-corrected chi connectivity index (χ1v) is 6.25. The van der Waals surface area contributed by atoms with Gasteiger partial charge in [0.15, 0.2) is 11.6 Å². The number of pyridine rings is 1. The normalized spacial score (nSPS) is 12.2. The van der Waals surface area contributed by atoms with Gasteiger partial charge in [-0.2, -0.15) is 0 Å². The highest BCUT2D eigenvalue weighted by Crippen LogP contribution is 2.24. The van der Waals surface area contributed by atoms with Crippen LogP contribution in [0.15, 0.2) is 36.5 Å². The molecule has 0 aliphatic rings. The molecule has 20 heavy (non-hydrogen) atoms. The smallest absolute Gasteiger partial charge is 0.168 e. The maximum atomic E-state index is 14.1. The van der Waals surface area contributed by atoms with Crippen molar-refractivity contribution in [2.75, 3.05) is 14.2 Å².